The van der Waals surface area contributed by atoms with Crippen LogP contribution in [0.1, 0.15) is 33.5 Å². The van der Waals surface area contributed by atoms with Crippen molar-refractivity contribution in [3.8, 4) is 22.6 Å². The topological polar surface area (TPSA) is 103 Å². The monoisotopic (exact) mass is 459 g/mol. The Morgan fingerprint density at radius 3 is 2.56 bits per heavy atom. The highest BCUT2D eigenvalue weighted by Gasteiger charge is 2.13. The number of ether oxygens (including phenoxy) is 3. The van der Waals surface area contributed by atoms with Crippen molar-refractivity contribution in [3.05, 3.63) is 77.7 Å². The van der Waals surface area contributed by atoms with Crippen molar-refractivity contribution in [2.45, 2.75) is 13.5 Å². The van der Waals surface area contributed by atoms with Crippen LogP contribution in [0.3, 0.4) is 0 Å². The lowest BCUT2D eigenvalue weighted by Crippen LogP contribution is -2.24. The summed E-state index contributed by atoms with van der Waals surface area (Å²) in [7, 11) is 3.16. The molecule has 0 aliphatic carbocycles. The first kappa shape index (κ1) is 22.8. The molecule has 2 heterocycles. The number of H-pyrrole nitrogens is 1. The number of benzene rings is 2. The summed E-state index contributed by atoms with van der Waals surface area (Å²) in [5.74, 6) is 0.613. The molecule has 0 spiro atoms. The Bertz CT molecular complexity index is 1350. The van der Waals surface area contributed by atoms with Crippen LogP contribution >= 0.6 is 0 Å². The van der Waals surface area contributed by atoms with E-state index in [0.29, 0.717) is 29.5 Å². The van der Waals surface area contributed by atoms with Crippen LogP contribution in [0.2, 0.25) is 0 Å². The van der Waals surface area contributed by atoms with E-state index in [1.807, 2.05) is 36.4 Å². The number of carbonyl (C=O) groups is 2. The van der Waals surface area contributed by atoms with Crippen LogP contribution in [-0.2, 0) is 11.3 Å². The summed E-state index contributed by atoms with van der Waals surface area (Å²) in [6, 6.07) is 16.5. The number of esters is 1. The molecule has 0 saturated heterocycles. The Labute approximate surface area is 196 Å². The first-order valence-electron chi connectivity index (χ1n) is 10.8. The molecule has 0 aliphatic rings. The van der Waals surface area contributed by atoms with Gasteiger partial charge >= 0.3 is 5.97 Å². The van der Waals surface area contributed by atoms with E-state index in [4.69, 9.17) is 14.2 Å². The van der Waals surface area contributed by atoms with Crippen LogP contribution in [0, 0.1) is 0 Å². The van der Waals surface area contributed by atoms with Crippen LogP contribution < -0.4 is 14.8 Å². The van der Waals surface area contributed by atoms with Crippen molar-refractivity contribution in [2.24, 2.45) is 0 Å². The summed E-state index contributed by atoms with van der Waals surface area (Å²) in [5, 5.41) is 3.76. The van der Waals surface area contributed by atoms with Crippen molar-refractivity contribution in [1.29, 1.82) is 0 Å². The molecular formula is C26H25N3O5. The van der Waals surface area contributed by atoms with Gasteiger partial charge in [-0.15, -0.1) is 0 Å². The quantitative estimate of drug-likeness (QED) is 0.380. The van der Waals surface area contributed by atoms with E-state index in [9.17, 15) is 9.59 Å². The lowest BCUT2D eigenvalue weighted by atomic mass is 10.0. The van der Waals surface area contributed by atoms with Gasteiger partial charge in [-0.25, -0.2) is 4.79 Å². The van der Waals surface area contributed by atoms with Gasteiger partial charge in [0.1, 0.15) is 22.9 Å². The molecule has 2 aromatic carbocycles. The van der Waals surface area contributed by atoms with Crippen LogP contribution in [-0.4, -0.2) is 42.7 Å². The number of amides is 1. The fraction of sp³-hybridized carbons (Fsp3) is 0.192. The van der Waals surface area contributed by atoms with Gasteiger partial charge in [0.15, 0.2) is 0 Å². The summed E-state index contributed by atoms with van der Waals surface area (Å²) in [6.45, 7) is 2.36. The van der Waals surface area contributed by atoms with E-state index in [1.54, 1.807) is 45.5 Å². The van der Waals surface area contributed by atoms with Crippen LogP contribution in [0.4, 0.5) is 0 Å². The maximum absolute atomic E-state index is 12.8. The largest absolute Gasteiger partial charge is 0.497 e. The molecule has 0 radical (unpaired) electrons. The molecule has 0 unspecified atom stereocenters. The predicted molar refractivity (Wildman–Crippen MR) is 128 cm³/mol. The third-order valence-electron chi connectivity index (χ3n) is 5.38. The molecule has 1 amide bonds. The zero-order valence-electron chi connectivity index (χ0n) is 19.2. The van der Waals surface area contributed by atoms with Gasteiger partial charge in [0.05, 0.1) is 20.8 Å². The molecule has 2 aromatic heterocycles. The maximum Gasteiger partial charge on any atom is 0.354 e. The number of hydrogen-bond acceptors (Lipinski definition) is 6. The average molecular weight is 460 g/mol. The Kier molecular flexibility index (Phi) is 6.77. The minimum Gasteiger partial charge on any atom is -0.497 e. The number of rotatable bonds is 8. The lowest BCUT2D eigenvalue weighted by molar-refractivity contribution is 0.0520. The second-order valence-corrected chi connectivity index (χ2v) is 7.50. The Hall–Kier alpha value is -4.33. The third-order valence-corrected chi connectivity index (χ3v) is 5.38. The number of methoxy groups -OCH3 is 2. The minimum atomic E-state index is -0.392. The zero-order valence-corrected chi connectivity index (χ0v) is 19.2. The number of aromatic amines is 1. The molecule has 174 valence electrons. The first-order chi connectivity index (χ1) is 16.5. The van der Waals surface area contributed by atoms with Crippen molar-refractivity contribution in [1.82, 2.24) is 15.3 Å². The Morgan fingerprint density at radius 1 is 0.971 bits per heavy atom. The molecule has 0 fully saturated rings. The Balaban J connectivity index is 1.52. The third kappa shape index (κ3) is 4.85. The number of hydrogen-bond donors (Lipinski definition) is 2. The molecule has 0 aliphatic heterocycles. The number of nitrogens with one attached hydrogen (secondary N) is 2. The lowest BCUT2D eigenvalue weighted by Gasteiger charge is -2.11. The first-order valence-corrected chi connectivity index (χ1v) is 10.8. The molecular weight excluding hydrogens is 434 g/mol. The van der Waals surface area contributed by atoms with Gasteiger partial charge in [-0.05, 0) is 60.5 Å². The van der Waals surface area contributed by atoms with E-state index in [-0.39, 0.29) is 12.5 Å². The minimum absolute atomic E-state index is 0.282. The highest BCUT2D eigenvalue weighted by molar-refractivity contribution is 5.97. The molecule has 0 atom stereocenters. The van der Waals surface area contributed by atoms with Gasteiger partial charge in [0, 0.05) is 35.3 Å². The molecule has 4 aromatic rings. The summed E-state index contributed by atoms with van der Waals surface area (Å²) in [6.07, 6.45) is 1.60. The van der Waals surface area contributed by atoms with Crippen molar-refractivity contribution >= 4 is 22.8 Å². The zero-order chi connectivity index (χ0) is 24.1. The van der Waals surface area contributed by atoms with Crippen LogP contribution in [0.5, 0.6) is 11.5 Å². The second-order valence-electron chi connectivity index (χ2n) is 7.50. The number of pyridine rings is 1. The highest BCUT2D eigenvalue weighted by Crippen LogP contribution is 2.26. The van der Waals surface area contributed by atoms with E-state index >= 15 is 0 Å². The van der Waals surface area contributed by atoms with E-state index in [1.165, 1.54) is 0 Å². The van der Waals surface area contributed by atoms with E-state index in [2.05, 4.69) is 15.3 Å². The second kappa shape index (κ2) is 10.1. The number of nitrogens with zero attached hydrogens (tertiary/aromatic N) is 1. The van der Waals surface area contributed by atoms with Crippen LogP contribution in [0.15, 0.2) is 60.8 Å². The smallest absolute Gasteiger partial charge is 0.354 e. The van der Waals surface area contributed by atoms with Crippen LogP contribution in [0.25, 0.3) is 22.0 Å². The van der Waals surface area contributed by atoms with E-state index < -0.39 is 5.97 Å². The predicted octanol–water partition coefficient (Wildman–Crippen LogP) is 4.35. The van der Waals surface area contributed by atoms with Crippen molar-refractivity contribution in [3.63, 3.8) is 0 Å². The van der Waals surface area contributed by atoms with Gasteiger partial charge in [0.25, 0.3) is 5.91 Å². The summed E-state index contributed by atoms with van der Waals surface area (Å²) in [4.78, 5) is 32.1. The van der Waals surface area contributed by atoms with E-state index in [0.717, 1.165) is 27.6 Å². The van der Waals surface area contributed by atoms with Gasteiger partial charge < -0.3 is 24.5 Å². The number of aromatic nitrogens is 2. The normalized spacial score (nSPS) is 10.7. The molecule has 34 heavy (non-hydrogen) atoms. The SMILES string of the molecule is CCOC(=O)c1cc2cc(-c3ccnc(C(=O)NCc4ccc(OC)cc4OC)c3)ccc2[nH]1. The molecule has 4 rings (SSSR count). The number of fused-ring (bicyclic) bond motifs is 1. The van der Waals surface area contributed by atoms with Gasteiger partial charge in [-0.3, -0.25) is 9.78 Å². The fourth-order valence-corrected chi connectivity index (χ4v) is 3.63. The summed E-state index contributed by atoms with van der Waals surface area (Å²) >= 11 is 0. The van der Waals surface area contributed by atoms with Crippen molar-refractivity contribution in [2.75, 3.05) is 20.8 Å². The van der Waals surface area contributed by atoms with Gasteiger partial charge in [-0.1, -0.05) is 6.07 Å². The standard InChI is InChI=1S/C26H25N3O5/c1-4-34-26(31)23-13-19-11-16(6-8-21(19)29-23)17-9-10-27-22(12-17)25(30)28-15-18-5-7-20(32-2)14-24(18)33-3/h5-14,29H,4,15H2,1-3H3,(H,28,30). The Morgan fingerprint density at radius 2 is 1.79 bits per heavy atom. The molecule has 2 N–H and O–H groups in total. The summed E-state index contributed by atoms with van der Waals surface area (Å²) < 4.78 is 15.7. The molecule has 8 nitrogen and oxygen atoms in total. The maximum atomic E-state index is 12.8. The molecule has 0 saturated carbocycles. The molecule has 8 heteroatoms. The molecule has 0 bridgehead atoms. The summed E-state index contributed by atoms with van der Waals surface area (Å²) in [5.41, 5.74) is 4.08. The fourth-order valence-electron chi connectivity index (χ4n) is 3.63. The van der Waals surface area contributed by atoms with Gasteiger partial charge in [-0.2, -0.15) is 0 Å². The van der Waals surface area contributed by atoms with Crippen molar-refractivity contribution < 1.29 is 23.8 Å². The highest BCUT2D eigenvalue weighted by atomic mass is 16.5. The average Bonchev–Trinajstić information content (AvgIpc) is 3.31. The number of carbonyl (C=O) groups excluding carboxylic acids is 2. The van der Waals surface area contributed by atoms with Gasteiger partial charge in [0.2, 0.25) is 0 Å².